The second kappa shape index (κ2) is 7.13. The van der Waals surface area contributed by atoms with E-state index in [-0.39, 0.29) is 11.8 Å². The number of hydrogen-bond acceptors (Lipinski definition) is 5. The van der Waals surface area contributed by atoms with E-state index < -0.39 is 9.84 Å². The van der Waals surface area contributed by atoms with Gasteiger partial charge in [0, 0.05) is 18.5 Å². The van der Waals surface area contributed by atoms with Gasteiger partial charge in [0.1, 0.15) is 0 Å². The van der Waals surface area contributed by atoms with Gasteiger partial charge in [-0.25, -0.2) is 8.42 Å². The van der Waals surface area contributed by atoms with Crippen LogP contribution in [0.4, 0.5) is 0 Å². The summed E-state index contributed by atoms with van der Waals surface area (Å²) in [5.74, 6) is 1.23. The molecule has 21 heavy (non-hydrogen) atoms. The molecule has 1 atom stereocenters. The Morgan fingerprint density at radius 2 is 1.90 bits per heavy atom. The minimum absolute atomic E-state index is 0.0315. The van der Waals surface area contributed by atoms with Crippen LogP contribution >= 0.6 is 0 Å². The van der Waals surface area contributed by atoms with Gasteiger partial charge in [0.2, 0.25) is 0 Å². The lowest BCUT2D eigenvalue weighted by molar-refractivity contribution is 0.297. The minimum Gasteiger partial charge on any atom is -0.490 e. The molecule has 1 aromatic rings. The first-order chi connectivity index (χ1) is 10.1. The molecule has 0 saturated carbocycles. The fourth-order valence-electron chi connectivity index (χ4n) is 2.31. The summed E-state index contributed by atoms with van der Waals surface area (Å²) in [4.78, 5) is 0.295. The topological polar surface area (TPSA) is 64.6 Å². The average molecular weight is 313 g/mol. The normalized spacial score (nSPS) is 16.3. The van der Waals surface area contributed by atoms with Gasteiger partial charge in [-0.1, -0.05) is 13.8 Å². The molecule has 1 aromatic carbocycles. The molecule has 1 unspecified atom stereocenters. The fraction of sp³-hybridized carbons (Fsp3) is 0.600. The van der Waals surface area contributed by atoms with Gasteiger partial charge in [-0.05, 0) is 25.1 Å². The molecule has 2 rings (SSSR count). The molecule has 0 radical (unpaired) electrons. The van der Waals surface area contributed by atoms with Crippen LogP contribution in [0, 0.1) is 0 Å². The van der Waals surface area contributed by atoms with Crippen molar-refractivity contribution in [3.8, 4) is 11.5 Å². The lowest BCUT2D eigenvalue weighted by Crippen LogP contribution is -2.35. The summed E-state index contributed by atoms with van der Waals surface area (Å²) in [5.41, 5.74) is 0. The number of nitrogens with one attached hydrogen (secondary N) is 1. The Kier molecular flexibility index (Phi) is 5.47. The molecule has 118 valence electrons. The molecular formula is C15H23NO4S. The van der Waals surface area contributed by atoms with E-state index in [9.17, 15) is 8.42 Å². The van der Waals surface area contributed by atoms with Gasteiger partial charge >= 0.3 is 0 Å². The lowest BCUT2D eigenvalue weighted by atomic mass is 10.2. The molecule has 1 aliphatic heterocycles. The third-order valence-electron chi connectivity index (χ3n) is 3.48. The Labute approximate surface area is 126 Å². The summed E-state index contributed by atoms with van der Waals surface area (Å²) in [7, 11) is -3.34. The molecule has 6 heteroatoms. The van der Waals surface area contributed by atoms with E-state index in [4.69, 9.17) is 9.47 Å². The molecule has 0 bridgehead atoms. The van der Waals surface area contributed by atoms with Crippen LogP contribution in [-0.2, 0) is 9.84 Å². The van der Waals surface area contributed by atoms with Crippen LogP contribution in [0.1, 0.15) is 26.7 Å². The summed E-state index contributed by atoms with van der Waals surface area (Å²) in [6, 6.07) is 4.83. The highest BCUT2D eigenvalue weighted by atomic mass is 32.2. The van der Waals surface area contributed by atoms with Crippen LogP contribution < -0.4 is 14.8 Å². The zero-order valence-corrected chi connectivity index (χ0v) is 13.4. The fourth-order valence-corrected chi connectivity index (χ4v) is 3.95. The Morgan fingerprint density at radius 3 is 2.57 bits per heavy atom. The van der Waals surface area contributed by atoms with Crippen molar-refractivity contribution in [2.75, 3.05) is 25.5 Å². The Hall–Kier alpha value is -1.27. The van der Waals surface area contributed by atoms with E-state index in [1.807, 2.05) is 13.8 Å². The van der Waals surface area contributed by atoms with Crippen molar-refractivity contribution in [2.24, 2.45) is 0 Å². The number of benzene rings is 1. The van der Waals surface area contributed by atoms with Crippen molar-refractivity contribution in [2.45, 2.75) is 37.6 Å². The molecule has 0 spiro atoms. The largest absolute Gasteiger partial charge is 0.490 e. The molecule has 0 saturated heterocycles. The highest BCUT2D eigenvalue weighted by molar-refractivity contribution is 7.91. The second-order valence-corrected chi connectivity index (χ2v) is 7.14. The summed E-state index contributed by atoms with van der Waals surface area (Å²) < 4.78 is 36.1. The molecule has 1 aliphatic rings. The van der Waals surface area contributed by atoms with Gasteiger partial charge in [-0.3, -0.25) is 0 Å². The smallest absolute Gasteiger partial charge is 0.180 e. The standard InChI is InChI=1S/C15H23NO4S/c1-3-12(16-4-2)11-21(17,18)13-6-7-14-15(10-13)20-9-5-8-19-14/h6-7,10,12,16H,3-5,8-9,11H2,1-2H3. The maximum Gasteiger partial charge on any atom is 0.180 e. The van der Waals surface area contributed by atoms with E-state index in [0.717, 1.165) is 19.4 Å². The number of sulfone groups is 1. The van der Waals surface area contributed by atoms with Gasteiger partial charge in [0.25, 0.3) is 0 Å². The van der Waals surface area contributed by atoms with Crippen molar-refractivity contribution >= 4 is 9.84 Å². The molecule has 5 nitrogen and oxygen atoms in total. The van der Waals surface area contributed by atoms with Crippen LogP contribution in [0.15, 0.2) is 23.1 Å². The summed E-state index contributed by atoms with van der Waals surface area (Å²) in [6.45, 7) is 5.86. The SMILES string of the molecule is CCNC(CC)CS(=O)(=O)c1ccc2c(c1)OCCCO2. The molecule has 0 aliphatic carbocycles. The first-order valence-electron chi connectivity index (χ1n) is 7.42. The first-order valence-corrected chi connectivity index (χ1v) is 9.07. The molecule has 1 heterocycles. The zero-order valence-electron chi connectivity index (χ0n) is 12.6. The molecule has 0 fully saturated rings. The quantitative estimate of drug-likeness (QED) is 0.870. The third kappa shape index (κ3) is 4.11. The van der Waals surface area contributed by atoms with E-state index >= 15 is 0 Å². The molecule has 1 N–H and O–H groups in total. The second-order valence-electron chi connectivity index (χ2n) is 5.10. The van der Waals surface area contributed by atoms with Crippen molar-refractivity contribution in [1.29, 1.82) is 0 Å². The van der Waals surface area contributed by atoms with Crippen LogP contribution in [0.3, 0.4) is 0 Å². The Bertz CT molecular complexity index is 571. The first kappa shape index (κ1) is 16.1. The minimum atomic E-state index is -3.34. The van der Waals surface area contributed by atoms with Crippen LogP contribution in [-0.4, -0.2) is 40.0 Å². The Morgan fingerprint density at radius 1 is 1.19 bits per heavy atom. The van der Waals surface area contributed by atoms with Gasteiger partial charge in [-0.2, -0.15) is 0 Å². The monoisotopic (exact) mass is 313 g/mol. The van der Waals surface area contributed by atoms with Crippen molar-refractivity contribution in [3.63, 3.8) is 0 Å². The number of fused-ring (bicyclic) bond motifs is 1. The van der Waals surface area contributed by atoms with E-state index in [1.54, 1.807) is 18.2 Å². The predicted octanol–water partition coefficient (Wildman–Crippen LogP) is 2.01. The number of rotatable bonds is 6. The van der Waals surface area contributed by atoms with Crippen LogP contribution in [0.2, 0.25) is 0 Å². The van der Waals surface area contributed by atoms with Crippen molar-refractivity contribution in [1.82, 2.24) is 5.32 Å². The Balaban J connectivity index is 2.22. The predicted molar refractivity (Wildman–Crippen MR) is 81.9 cm³/mol. The molecule has 0 aromatic heterocycles. The van der Waals surface area contributed by atoms with Crippen LogP contribution in [0.5, 0.6) is 11.5 Å². The summed E-state index contributed by atoms with van der Waals surface area (Å²) >= 11 is 0. The van der Waals surface area contributed by atoms with E-state index in [2.05, 4.69) is 5.32 Å². The average Bonchev–Trinajstić information content (AvgIpc) is 2.71. The maximum atomic E-state index is 12.5. The van der Waals surface area contributed by atoms with Crippen molar-refractivity contribution < 1.29 is 17.9 Å². The summed E-state index contributed by atoms with van der Waals surface area (Å²) in [5, 5.41) is 3.20. The van der Waals surface area contributed by atoms with Gasteiger partial charge in [0.15, 0.2) is 21.3 Å². The zero-order chi connectivity index (χ0) is 15.3. The summed E-state index contributed by atoms with van der Waals surface area (Å²) in [6.07, 6.45) is 1.58. The van der Waals surface area contributed by atoms with E-state index in [1.165, 1.54) is 0 Å². The van der Waals surface area contributed by atoms with E-state index in [0.29, 0.717) is 29.6 Å². The molecule has 0 amide bonds. The maximum absolute atomic E-state index is 12.5. The van der Waals surface area contributed by atoms with Gasteiger partial charge < -0.3 is 14.8 Å². The lowest BCUT2D eigenvalue weighted by Gasteiger charge is -2.16. The molecular weight excluding hydrogens is 290 g/mol. The van der Waals surface area contributed by atoms with Gasteiger partial charge in [0.05, 0.1) is 23.9 Å². The third-order valence-corrected chi connectivity index (χ3v) is 5.30. The highest BCUT2D eigenvalue weighted by Crippen LogP contribution is 2.32. The number of ether oxygens (including phenoxy) is 2. The highest BCUT2D eigenvalue weighted by Gasteiger charge is 2.22. The van der Waals surface area contributed by atoms with Crippen molar-refractivity contribution in [3.05, 3.63) is 18.2 Å². The number of hydrogen-bond donors (Lipinski definition) is 1. The van der Waals surface area contributed by atoms with Gasteiger partial charge in [-0.15, -0.1) is 0 Å². The van der Waals surface area contributed by atoms with Crippen LogP contribution in [0.25, 0.3) is 0 Å².